The number of aliphatic hydroxyl groups is 3. The van der Waals surface area contributed by atoms with Crippen LogP contribution in [-0.4, -0.2) is 110 Å². The van der Waals surface area contributed by atoms with Crippen molar-refractivity contribution in [3.63, 3.8) is 0 Å². The number of aromatic nitrogens is 7. The van der Waals surface area contributed by atoms with Crippen LogP contribution in [0.5, 0.6) is 0 Å². The predicted molar refractivity (Wildman–Crippen MR) is 135 cm³/mol. The Kier molecular flexibility index (Phi) is 8.47. The number of hydrogen-bond donors (Lipinski definition) is 7. The molecule has 1 saturated heterocycles. The third kappa shape index (κ3) is 5.74. The highest BCUT2D eigenvalue weighted by atomic mass is 31.2. The van der Waals surface area contributed by atoms with Gasteiger partial charge in [0.15, 0.2) is 11.6 Å². The number of nitrogens with one attached hydrogen (secondary N) is 2. The summed E-state index contributed by atoms with van der Waals surface area (Å²) < 4.78 is 30.6. The van der Waals surface area contributed by atoms with Gasteiger partial charge in [-0.25, -0.2) is 9.50 Å². The molecule has 4 heterocycles. The lowest BCUT2D eigenvalue weighted by Gasteiger charge is -2.33. The average molecular weight is 585 g/mol. The summed E-state index contributed by atoms with van der Waals surface area (Å²) in [7, 11) is -5.11. The second-order valence-corrected chi connectivity index (χ2v) is 11.9. The molecule has 17 nitrogen and oxygen atoms in total. The van der Waals surface area contributed by atoms with Crippen molar-refractivity contribution in [3.05, 3.63) is 29.5 Å². The van der Waals surface area contributed by atoms with Gasteiger partial charge in [0, 0.05) is 6.04 Å². The van der Waals surface area contributed by atoms with Crippen LogP contribution in [-0.2, 0) is 25.4 Å². The van der Waals surface area contributed by atoms with Gasteiger partial charge in [0.2, 0.25) is 5.34 Å². The van der Waals surface area contributed by atoms with Crippen molar-refractivity contribution in [2.45, 2.75) is 75.0 Å². The third-order valence-electron chi connectivity index (χ3n) is 7.24. The maximum atomic E-state index is 12.3. The predicted octanol–water partition coefficient (Wildman–Crippen LogP) is -0.833. The van der Waals surface area contributed by atoms with E-state index in [-0.39, 0.29) is 12.4 Å². The van der Waals surface area contributed by atoms with Crippen LogP contribution >= 0.6 is 7.60 Å². The van der Waals surface area contributed by atoms with Gasteiger partial charge < -0.3 is 44.6 Å². The molecule has 7 N–H and O–H groups in total. The molecule has 3 aromatic rings. The highest BCUT2D eigenvalue weighted by Crippen LogP contribution is 2.51. The van der Waals surface area contributed by atoms with Crippen molar-refractivity contribution in [2.75, 3.05) is 25.1 Å². The fourth-order valence-corrected chi connectivity index (χ4v) is 5.70. The van der Waals surface area contributed by atoms with Crippen molar-refractivity contribution in [3.8, 4) is 0 Å². The number of aromatic amines is 1. The van der Waals surface area contributed by atoms with E-state index < -0.39 is 57.2 Å². The zero-order valence-corrected chi connectivity index (χ0v) is 22.6. The van der Waals surface area contributed by atoms with Gasteiger partial charge in [0.1, 0.15) is 42.4 Å². The monoisotopic (exact) mass is 584 g/mol. The maximum Gasteiger partial charge on any atom is 0.361 e. The quantitative estimate of drug-likeness (QED) is 0.128. The normalized spacial score (nSPS) is 25.6. The van der Waals surface area contributed by atoms with Gasteiger partial charge in [0.05, 0.1) is 25.5 Å². The molecule has 1 aliphatic heterocycles. The van der Waals surface area contributed by atoms with Gasteiger partial charge in [-0.2, -0.15) is 10.3 Å². The second-order valence-electron chi connectivity index (χ2n) is 10.0. The molecular weight excluding hydrogens is 551 g/mol. The summed E-state index contributed by atoms with van der Waals surface area (Å²) in [6.07, 6.45) is -0.701. The fourth-order valence-electron chi connectivity index (χ4n) is 5.01. The Hall–Kier alpha value is -2.60. The number of anilines is 1. The number of aliphatic hydroxyl groups excluding tert-OH is 3. The first-order valence-electron chi connectivity index (χ1n) is 12.9. The van der Waals surface area contributed by atoms with Crippen molar-refractivity contribution < 1.29 is 43.9 Å². The lowest BCUT2D eigenvalue weighted by Crippen LogP contribution is -2.45. The van der Waals surface area contributed by atoms with Crippen LogP contribution in [0.2, 0.25) is 0 Å². The minimum Gasteiger partial charge on any atom is -0.393 e. The van der Waals surface area contributed by atoms with Crippen molar-refractivity contribution in [1.82, 2.24) is 35.2 Å². The molecule has 0 spiro atoms. The topological polar surface area (TPSA) is 243 Å². The van der Waals surface area contributed by atoms with E-state index in [2.05, 4.69) is 36.0 Å². The number of ether oxygens (including phenoxy) is 3. The van der Waals surface area contributed by atoms with Crippen LogP contribution in [0.1, 0.15) is 49.1 Å². The Labute approximate surface area is 228 Å². The standard InChI is InChI=1S/C22H33N8O9P/c1-12-23-21(24-13-4-2-3-5-13)15-7-6-14(30(15)27-12)20-19(33)18(32)16(39-20)8-38-22(10-31,40(34,35)36)11-37-9-17-25-28-29-26-17/h6-7,13,16,18-20,31-33H,2-5,8-11H2,1H3,(H,23,24,27)(H2,34,35,36)(H,25,26,28,29)/t16-,18-,19-,20+,22+/m1/s1. The zero-order valence-electron chi connectivity index (χ0n) is 21.7. The summed E-state index contributed by atoms with van der Waals surface area (Å²) in [4.78, 5) is 24.5. The Morgan fingerprint density at radius 1 is 1.25 bits per heavy atom. The Morgan fingerprint density at radius 3 is 2.70 bits per heavy atom. The number of tetrazole rings is 1. The molecule has 2 aliphatic rings. The van der Waals surface area contributed by atoms with Gasteiger partial charge in [0.25, 0.3) is 0 Å². The number of H-pyrrole nitrogens is 1. The van der Waals surface area contributed by atoms with Gasteiger partial charge >= 0.3 is 7.60 Å². The summed E-state index contributed by atoms with van der Waals surface area (Å²) in [5.41, 5.74) is 1.13. The first kappa shape index (κ1) is 28.9. The first-order valence-corrected chi connectivity index (χ1v) is 14.5. The Balaban J connectivity index is 1.31. The summed E-state index contributed by atoms with van der Waals surface area (Å²) in [6.45, 7) is -0.914. The minimum atomic E-state index is -5.11. The summed E-state index contributed by atoms with van der Waals surface area (Å²) in [5.74, 6) is 1.28. The van der Waals surface area contributed by atoms with Crippen molar-refractivity contribution in [1.29, 1.82) is 0 Å². The minimum absolute atomic E-state index is 0.123. The van der Waals surface area contributed by atoms with Gasteiger partial charge in [-0.3, -0.25) is 4.57 Å². The highest BCUT2D eigenvalue weighted by Gasteiger charge is 2.51. The lowest BCUT2D eigenvalue weighted by molar-refractivity contribution is -0.126. The van der Waals surface area contributed by atoms with E-state index in [1.54, 1.807) is 23.6 Å². The molecule has 18 heteroatoms. The molecule has 2 fully saturated rings. The van der Waals surface area contributed by atoms with Crippen LogP contribution in [0.3, 0.4) is 0 Å². The van der Waals surface area contributed by atoms with Crippen LogP contribution in [0, 0.1) is 6.92 Å². The SMILES string of the molecule is Cc1nc(NC2CCCC2)c2ccc([C@@H]3O[C@H](CO[C@](CO)(COCc4nn[nH]n4)P(=O)(O)O)[C@@H](O)[C@H]3O)n2n1. The van der Waals surface area contributed by atoms with Gasteiger partial charge in [-0.1, -0.05) is 18.1 Å². The molecule has 0 unspecified atom stereocenters. The van der Waals surface area contributed by atoms with Gasteiger partial charge in [-0.15, -0.1) is 10.2 Å². The second kappa shape index (κ2) is 11.7. The van der Waals surface area contributed by atoms with E-state index >= 15 is 0 Å². The number of rotatable bonds is 12. The average Bonchev–Trinajstić information content (AvgIpc) is 3.71. The largest absolute Gasteiger partial charge is 0.393 e. The Morgan fingerprint density at radius 2 is 2.02 bits per heavy atom. The van der Waals surface area contributed by atoms with Crippen LogP contribution in [0.15, 0.2) is 12.1 Å². The van der Waals surface area contributed by atoms with E-state index in [0.717, 1.165) is 25.7 Å². The molecule has 5 atom stereocenters. The first-order chi connectivity index (χ1) is 19.1. The molecule has 5 rings (SSSR count). The number of nitrogens with zero attached hydrogens (tertiary/aromatic N) is 6. The number of fused-ring (bicyclic) bond motifs is 1. The Bertz CT molecular complexity index is 1330. The summed E-state index contributed by atoms with van der Waals surface area (Å²) in [5, 5.41) is 49.9. The molecule has 0 radical (unpaired) electrons. The molecule has 0 aromatic carbocycles. The van der Waals surface area contributed by atoms with Gasteiger partial charge in [-0.05, 0) is 31.9 Å². The molecule has 40 heavy (non-hydrogen) atoms. The van der Waals surface area contributed by atoms with E-state index in [1.807, 2.05) is 0 Å². The third-order valence-corrected chi connectivity index (χ3v) is 8.70. The molecule has 3 aromatic heterocycles. The van der Waals surface area contributed by atoms with E-state index in [4.69, 9.17) is 14.2 Å². The molecule has 0 amide bonds. The maximum absolute atomic E-state index is 12.3. The molecule has 220 valence electrons. The van der Waals surface area contributed by atoms with Crippen LogP contribution < -0.4 is 5.32 Å². The fraction of sp³-hybridized carbons (Fsp3) is 0.682. The molecular formula is C22H33N8O9P. The van der Waals surface area contributed by atoms with E-state index in [9.17, 15) is 29.7 Å². The summed E-state index contributed by atoms with van der Waals surface area (Å²) >= 11 is 0. The molecule has 1 aliphatic carbocycles. The smallest absolute Gasteiger partial charge is 0.361 e. The van der Waals surface area contributed by atoms with Crippen molar-refractivity contribution >= 4 is 18.9 Å². The number of aryl methyl sites for hydroxylation is 1. The molecule has 1 saturated carbocycles. The van der Waals surface area contributed by atoms with E-state index in [0.29, 0.717) is 28.9 Å². The van der Waals surface area contributed by atoms with Crippen LogP contribution in [0.4, 0.5) is 5.82 Å². The lowest BCUT2D eigenvalue weighted by atomic mass is 10.1. The highest BCUT2D eigenvalue weighted by molar-refractivity contribution is 7.53. The zero-order chi connectivity index (χ0) is 28.5. The van der Waals surface area contributed by atoms with E-state index in [1.165, 1.54) is 0 Å². The van der Waals surface area contributed by atoms with Crippen molar-refractivity contribution in [2.24, 2.45) is 0 Å². The van der Waals surface area contributed by atoms with Crippen LogP contribution in [0.25, 0.3) is 5.52 Å². The number of hydrogen-bond acceptors (Lipinski definition) is 13. The molecule has 0 bridgehead atoms. The summed E-state index contributed by atoms with van der Waals surface area (Å²) in [6, 6.07) is 3.82.